The summed E-state index contributed by atoms with van der Waals surface area (Å²) in [5.41, 5.74) is -0.793. The predicted molar refractivity (Wildman–Crippen MR) is 120 cm³/mol. The second-order valence-corrected chi connectivity index (χ2v) is 6.71. The summed E-state index contributed by atoms with van der Waals surface area (Å²) in [6.45, 7) is 3.18. The maximum atomic E-state index is 14.5. The molecule has 3 aromatic rings. The third-order valence-electron chi connectivity index (χ3n) is 4.49. The van der Waals surface area contributed by atoms with Crippen LogP contribution in [0.3, 0.4) is 0 Å². The first-order chi connectivity index (χ1) is 15.4. The number of fused-ring (bicyclic) bond motifs is 1. The topological polar surface area (TPSA) is 121 Å². The molecule has 0 saturated heterocycles. The SMILES string of the molecule is CCCOc1ccc(F)c2c(=O)c(-c3ccc(OC)cc3)c(C(=O)O)[nH]c12.CNCCO. The summed E-state index contributed by atoms with van der Waals surface area (Å²) in [5, 5.41) is 20.2. The molecular formula is C23H27FN2O6. The summed E-state index contributed by atoms with van der Waals surface area (Å²) in [5.74, 6) is -1.30. The molecule has 1 heterocycles. The van der Waals surface area contributed by atoms with Crippen molar-refractivity contribution in [3.05, 3.63) is 58.1 Å². The first-order valence-corrected chi connectivity index (χ1v) is 10.0. The van der Waals surface area contributed by atoms with Gasteiger partial charge in [0, 0.05) is 6.54 Å². The van der Waals surface area contributed by atoms with Crippen molar-refractivity contribution in [1.29, 1.82) is 0 Å². The highest BCUT2D eigenvalue weighted by molar-refractivity contribution is 5.99. The van der Waals surface area contributed by atoms with E-state index in [0.29, 0.717) is 30.9 Å². The van der Waals surface area contributed by atoms with Gasteiger partial charge in [0.1, 0.15) is 23.0 Å². The molecule has 0 radical (unpaired) electrons. The fourth-order valence-electron chi connectivity index (χ4n) is 2.97. The second-order valence-electron chi connectivity index (χ2n) is 6.71. The van der Waals surface area contributed by atoms with Crippen LogP contribution >= 0.6 is 0 Å². The number of aliphatic hydroxyl groups is 1. The number of ether oxygens (including phenoxy) is 2. The Kier molecular flexibility index (Phi) is 9.18. The van der Waals surface area contributed by atoms with Gasteiger partial charge in [-0.15, -0.1) is 0 Å². The minimum Gasteiger partial charge on any atom is -0.497 e. The first kappa shape index (κ1) is 24.8. The Morgan fingerprint density at radius 1 is 1.19 bits per heavy atom. The predicted octanol–water partition coefficient (Wildman–Crippen LogP) is 3.03. The molecule has 0 bridgehead atoms. The lowest BCUT2D eigenvalue weighted by molar-refractivity contribution is 0.0691. The summed E-state index contributed by atoms with van der Waals surface area (Å²) in [4.78, 5) is 27.5. The molecule has 0 aliphatic heterocycles. The highest BCUT2D eigenvalue weighted by Gasteiger charge is 2.22. The molecule has 0 amide bonds. The summed E-state index contributed by atoms with van der Waals surface area (Å²) >= 11 is 0. The molecular weight excluding hydrogens is 419 g/mol. The standard InChI is InChI=1S/C20H18FNO5.C3H9NO/c1-3-10-27-14-9-8-13(21)16-17(14)22-18(20(24)25)15(19(16)23)11-4-6-12(26-2)7-5-11;1-4-2-3-5/h4-9H,3,10H2,1-2H3,(H,22,23)(H,24,25);4-5H,2-3H2,1H3. The molecule has 0 atom stereocenters. The molecule has 0 spiro atoms. The van der Waals surface area contributed by atoms with Crippen molar-refractivity contribution >= 4 is 16.9 Å². The van der Waals surface area contributed by atoms with E-state index in [1.54, 1.807) is 31.3 Å². The highest BCUT2D eigenvalue weighted by atomic mass is 19.1. The molecule has 172 valence electrons. The van der Waals surface area contributed by atoms with Gasteiger partial charge >= 0.3 is 5.97 Å². The molecule has 9 heteroatoms. The van der Waals surface area contributed by atoms with Gasteiger partial charge in [0.2, 0.25) is 5.43 Å². The molecule has 1 aromatic heterocycles. The number of hydrogen-bond donors (Lipinski definition) is 4. The van der Waals surface area contributed by atoms with E-state index in [0.717, 1.165) is 6.07 Å². The number of carboxylic acid groups (broad SMARTS) is 1. The number of likely N-dealkylation sites (N-methyl/N-ethyl adjacent to an activating group) is 1. The Morgan fingerprint density at radius 2 is 1.88 bits per heavy atom. The third-order valence-corrected chi connectivity index (χ3v) is 4.49. The monoisotopic (exact) mass is 446 g/mol. The van der Waals surface area contributed by atoms with Crippen LogP contribution in [0, 0.1) is 5.82 Å². The molecule has 4 N–H and O–H groups in total. The number of halogens is 1. The van der Waals surface area contributed by atoms with Gasteiger partial charge in [-0.25, -0.2) is 9.18 Å². The van der Waals surface area contributed by atoms with Crippen molar-refractivity contribution in [3.63, 3.8) is 0 Å². The van der Waals surface area contributed by atoms with E-state index in [1.807, 2.05) is 6.92 Å². The van der Waals surface area contributed by atoms with Crippen LogP contribution in [0.1, 0.15) is 23.8 Å². The number of carbonyl (C=O) groups is 1. The third kappa shape index (κ3) is 5.63. The number of hydrogen-bond acceptors (Lipinski definition) is 6. The van der Waals surface area contributed by atoms with Crippen LogP contribution in [0.15, 0.2) is 41.2 Å². The van der Waals surface area contributed by atoms with Gasteiger partial charge in [-0.05, 0) is 43.3 Å². The number of benzene rings is 2. The van der Waals surface area contributed by atoms with Crippen LogP contribution in [0.25, 0.3) is 22.0 Å². The Balaban J connectivity index is 0.000000654. The number of carboxylic acids is 1. The molecule has 0 saturated carbocycles. The lowest BCUT2D eigenvalue weighted by Gasteiger charge is -2.13. The fraction of sp³-hybridized carbons (Fsp3) is 0.304. The van der Waals surface area contributed by atoms with Crippen LogP contribution in [0.4, 0.5) is 4.39 Å². The number of aromatic nitrogens is 1. The minimum absolute atomic E-state index is 0.0307. The number of rotatable bonds is 8. The van der Waals surface area contributed by atoms with Gasteiger partial charge in [0.25, 0.3) is 0 Å². The summed E-state index contributed by atoms with van der Waals surface area (Å²) < 4.78 is 25.1. The zero-order valence-electron chi connectivity index (χ0n) is 18.2. The van der Waals surface area contributed by atoms with Gasteiger partial charge in [-0.1, -0.05) is 19.1 Å². The smallest absolute Gasteiger partial charge is 0.353 e. The molecule has 8 nitrogen and oxygen atoms in total. The van der Waals surface area contributed by atoms with Crippen LogP contribution in [0.2, 0.25) is 0 Å². The van der Waals surface area contributed by atoms with Gasteiger partial charge in [0.15, 0.2) is 0 Å². The van der Waals surface area contributed by atoms with Crippen LogP contribution < -0.4 is 20.2 Å². The number of aromatic amines is 1. The average Bonchev–Trinajstić information content (AvgIpc) is 2.79. The van der Waals surface area contributed by atoms with Crippen LogP contribution in [0.5, 0.6) is 11.5 Å². The van der Waals surface area contributed by atoms with Crippen molar-refractivity contribution in [2.24, 2.45) is 0 Å². The first-order valence-electron chi connectivity index (χ1n) is 10.0. The van der Waals surface area contributed by atoms with Gasteiger partial charge in [-0.3, -0.25) is 4.79 Å². The van der Waals surface area contributed by atoms with E-state index in [1.165, 1.54) is 13.2 Å². The molecule has 0 unspecified atom stereocenters. The van der Waals surface area contributed by atoms with E-state index >= 15 is 0 Å². The fourth-order valence-corrected chi connectivity index (χ4v) is 2.97. The quantitative estimate of drug-likeness (QED) is 0.420. The Hall–Kier alpha value is -3.43. The number of aromatic carboxylic acids is 1. The Morgan fingerprint density at radius 3 is 2.38 bits per heavy atom. The van der Waals surface area contributed by atoms with E-state index in [-0.39, 0.29) is 34.5 Å². The van der Waals surface area contributed by atoms with Crippen molar-refractivity contribution in [1.82, 2.24) is 10.3 Å². The Bertz CT molecular complexity index is 1110. The number of nitrogens with one attached hydrogen (secondary N) is 2. The molecule has 32 heavy (non-hydrogen) atoms. The largest absolute Gasteiger partial charge is 0.497 e. The zero-order chi connectivity index (χ0) is 23.7. The summed E-state index contributed by atoms with van der Waals surface area (Å²) in [7, 11) is 3.30. The van der Waals surface area contributed by atoms with Crippen LogP contribution in [-0.4, -0.2) is 55.1 Å². The summed E-state index contributed by atoms with van der Waals surface area (Å²) in [6.07, 6.45) is 0.707. The molecule has 2 aromatic carbocycles. The number of aliphatic hydroxyl groups excluding tert-OH is 1. The van der Waals surface area contributed by atoms with Crippen molar-refractivity contribution < 1.29 is 28.9 Å². The highest BCUT2D eigenvalue weighted by Crippen LogP contribution is 2.29. The molecule has 0 aliphatic rings. The van der Waals surface area contributed by atoms with Gasteiger partial charge in [-0.2, -0.15) is 0 Å². The zero-order valence-corrected chi connectivity index (χ0v) is 18.2. The van der Waals surface area contributed by atoms with Crippen molar-refractivity contribution in [2.75, 3.05) is 33.9 Å². The maximum absolute atomic E-state index is 14.5. The van der Waals surface area contributed by atoms with Gasteiger partial charge < -0.3 is 30.0 Å². The van der Waals surface area contributed by atoms with E-state index < -0.39 is 17.2 Å². The number of methoxy groups -OCH3 is 1. The average molecular weight is 446 g/mol. The molecule has 0 fully saturated rings. The second kappa shape index (κ2) is 11.8. The van der Waals surface area contributed by atoms with E-state index in [2.05, 4.69) is 10.3 Å². The van der Waals surface area contributed by atoms with Gasteiger partial charge in [0.05, 0.1) is 36.8 Å². The van der Waals surface area contributed by atoms with Crippen LogP contribution in [-0.2, 0) is 0 Å². The molecule has 0 aliphatic carbocycles. The minimum atomic E-state index is -1.33. The number of H-pyrrole nitrogens is 1. The normalized spacial score (nSPS) is 10.4. The number of pyridine rings is 1. The molecule has 3 rings (SSSR count). The lowest BCUT2D eigenvalue weighted by Crippen LogP contribution is -2.17. The summed E-state index contributed by atoms with van der Waals surface area (Å²) in [6, 6.07) is 8.82. The van der Waals surface area contributed by atoms with E-state index in [9.17, 15) is 19.1 Å². The lowest BCUT2D eigenvalue weighted by atomic mass is 10.00. The van der Waals surface area contributed by atoms with Crippen molar-refractivity contribution in [3.8, 4) is 22.6 Å². The van der Waals surface area contributed by atoms with E-state index in [4.69, 9.17) is 14.6 Å². The maximum Gasteiger partial charge on any atom is 0.353 e. The van der Waals surface area contributed by atoms with Crippen molar-refractivity contribution in [2.45, 2.75) is 13.3 Å². The Labute approximate surface area is 184 Å².